The maximum absolute atomic E-state index is 13.1. The van der Waals surface area contributed by atoms with Crippen molar-refractivity contribution in [1.82, 2.24) is 0 Å². The Bertz CT molecular complexity index is 1320. The van der Waals surface area contributed by atoms with Crippen LogP contribution in [0.4, 0.5) is 0 Å². The summed E-state index contributed by atoms with van der Waals surface area (Å²) in [4.78, 5) is 26.2. The van der Waals surface area contributed by atoms with E-state index >= 15 is 0 Å². The van der Waals surface area contributed by atoms with E-state index in [4.69, 9.17) is 9.11 Å². The van der Waals surface area contributed by atoms with Gasteiger partial charge < -0.3 is 0 Å². The first kappa shape index (κ1) is 32.4. The standard InChI is InChI=1S/C28H34O2.2CH4O3S/c1-17-21-11-13-27(23(17)29,25(21,3)4)15-19-7-9-20(10-8-19)16-28-14-12-22(26(28,5)6)18(2)24(28)30;2*1-5(2,3)4/h7-10,21-22H,1-2,11-16H2,3-6H3;2*1H3,(H,2,3,4). The average molecular weight is 595 g/mol. The summed E-state index contributed by atoms with van der Waals surface area (Å²) in [6.07, 6.45) is 7.13. The second kappa shape index (κ2) is 10.3. The van der Waals surface area contributed by atoms with Crippen LogP contribution in [0.25, 0.3) is 0 Å². The van der Waals surface area contributed by atoms with Gasteiger partial charge in [0.25, 0.3) is 20.2 Å². The number of hydrogen-bond acceptors (Lipinski definition) is 6. The van der Waals surface area contributed by atoms with Crippen LogP contribution in [-0.4, -0.2) is 50.0 Å². The number of fused-ring (bicyclic) bond motifs is 4. The van der Waals surface area contributed by atoms with Crippen LogP contribution in [0.5, 0.6) is 0 Å². The number of carbonyl (C=O) groups excluding carboxylic acids is 2. The van der Waals surface area contributed by atoms with Crippen molar-refractivity contribution in [3.63, 3.8) is 0 Å². The van der Waals surface area contributed by atoms with Crippen molar-refractivity contribution in [2.75, 3.05) is 12.5 Å². The molecule has 1 aromatic carbocycles. The van der Waals surface area contributed by atoms with Crippen molar-refractivity contribution >= 4 is 31.8 Å². The predicted molar refractivity (Wildman–Crippen MR) is 155 cm³/mol. The first-order valence-electron chi connectivity index (χ1n) is 13.4. The third-order valence-corrected chi connectivity index (χ3v) is 10.3. The van der Waals surface area contributed by atoms with Crippen molar-refractivity contribution in [3.8, 4) is 0 Å². The van der Waals surface area contributed by atoms with Crippen molar-refractivity contribution in [3.05, 3.63) is 59.7 Å². The minimum Gasteiger partial charge on any atom is -0.294 e. The molecule has 0 aromatic heterocycles. The lowest BCUT2D eigenvalue weighted by molar-refractivity contribution is -0.127. The molecule has 0 heterocycles. The summed E-state index contributed by atoms with van der Waals surface area (Å²) in [5, 5.41) is 0. The van der Waals surface area contributed by atoms with Gasteiger partial charge in [0.2, 0.25) is 0 Å². The molecular weight excluding hydrogens is 552 g/mol. The first-order chi connectivity index (χ1) is 18.0. The largest absolute Gasteiger partial charge is 0.294 e. The van der Waals surface area contributed by atoms with Gasteiger partial charge in [0.15, 0.2) is 11.6 Å². The lowest BCUT2D eigenvalue weighted by Gasteiger charge is -2.37. The molecule has 222 valence electrons. The Balaban J connectivity index is 0.000000381. The fourth-order valence-electron chi connectivity index (χ4n) is 8.04. The zero-order valence-corrected chi connectivity index (χ0v) is 25.9. The zero-order valence-electron chi connectivity index (χ0n) is 24.3. The predicted octanol–water partition coefficient (Wildman–Crippen LogP) is 4.90. The van der Waals surface area contributed by atoms with Crippen LogP contribution >= 0.6 is 0 Å². The van der Waals surface area contributed by atoms with E-state index in [1.54, 1.807) is 0 Å². The molecule has 4 atom stereocenters. The van der Waals surface area contributed by atoms with Gasteiger partial charge in [0.05, 0.1) is 12.5 Å². The fraction of sp³-hybridized carbons (Fsp3) is 0.600. The molecule has 0 aliphatic heterocycles. The zero-order chi connectivity index (χ0) is 30.7. The molecular formula is C30H42O8S2. The van der Waals surface area contributed by atoms with Crippen LogP contribution in [0.15, 0.2) is 48.6 Å². The van der Waals surface area contributed by atoms with E-state index in [1.807, 2.05) is 0 Å². The van der Waals surface area contributed by atoms with E-state index in [-0.39, 0.29) is 21.7 Å². The van der Waals surface area contributed by atoms with Gasteiger partial charge in [-0.15, -0.1) is 0 Å². The normalized spacial score (nSPS) is 31.5. The van der Waals surface area contributed by atoms with Gasteiger partial charge in [-0.25, -0.2) is 0 Å². The van der Waals surface area contributed by atoms with Crippen molar-refractivity contribution in [2.45, 2.75) is 66.2 Å². The molecule has 4 bridgehead atoms. The van der Waals surface area contributed by atoms with Crippen LogP contribution < -0.4 is 0 Å². The van der Waals surface area contributed by atoms with E-state index < -0.39 is 20.2 Å². The summed E-state index contributed by atoms with van der Waals surface area (Å²) >= 11 is 0. The molecule has 4 saturated carbocycles. The Morgan fingerprint density at radius 1 is 0.700 bits per heavy atom. The summed E-state index contributed by atoms with van der Waals surface area (Å²) in [5.74, 6) is 1.26. The van der Waals surface area contributed by atoms with Gasteiger partial charge in [-0.05, 0) is 83.5 Å². The van der Waals surface area contributed by atoms with Crippen LogP contribution in [-0.2, 0) is 42.7 Å². The lowest BCUT2D eigenvalue weighted by atomic mass is 9.65. The van der Waals surface area contributed by atoms with Gasteiger partial charge in [-0.1, -0.05) is 65.1 Å². The first-order valence-corrected chi connectivity index (χ1v) is 17.1. The third kappa shape index (κ3) is 5.65. The second-order valence-corrected chi connectivity index (χ2v) is 16.1. The monoisotopic (exact) mass is 594 g/mol. The average Bonchev–Trinajstić information content (AvgIpc) is 3.28. The molecule has 40 heavy (non-hydrogen) atoms. The minimum atomic E-state index is -3.67. The Kier molecular flexibility index (Phi) is 8.33. The molecule has 2 N–H and O–H groups in total. The van der Waals surface area contributed by atoms with Gasteiger partial charge >= 0.3 is 0 Å². The van der Waals surface area contributed by atoms with Crippen molar-refractivity contribution < 1.29 is 35.5 Å². The van der Waals surface area contributed by atoms with E-state index in [1.165, 1.54) is 11.1 Å². The Hall–Kier alpha value is -2.14. The van der Waals surface area contributed by atoms with Crippen LogP contribution in [0, 0.1) is 33.5 Å². The molecule has 4 aliphatic carbocycles. The fourth-order valence-corrected chi connectivity index (χ4v) is 8.04. The smallest absolute Gasteiger partial charge is 0.261 e. The van der Waals surface area contributed by atoms with Gasteiger partial charge in [-0.3, -0.25) is 18.7 Å². The molecule has 0 radical (unpaired) electrons. The number of ketones is 2. The Morgan fingerprint density at radius 2 is 0.950 bits per heavy atom. The van der Waals surface area contributed by atoms with Crippen LogP contribution in [0.3, 0.4) is 0 Å². The Morgan fingerprint density at radius 3 is 1.15 bits per heavy atom. The highest BCUT2D eigenvalue weighted by Crippen LogP contribution is 2.67. The topological polar surface area (TPSA) is 143 Å². The number of allylic oxidation sites excluding steroid dienone is 2. The maximum atomic E-state index is 13.1. The quantitative estimate of drug-likeness (QED) is 0.370. The summed E-state index contributed by atoms with van der Waals surface area (Å²) in [6.45, 7) is 17.3. The second-order valence-electron chi connectivity index (χ2n) is 13.1. The molecule has 1 aromatic rings. The highest BCUT2D eigenvalue weighted by Gasteiger charge is 2.66. The molecule has 10 heteroatoms. The molecule has 0 spiro atoms. The molecule has 0 saturated heterocycles. The number of carbonyl (C=O) groups is 2. The SMILES string of the molecule is C=C1C(=O)C2(Cc3ccc(CC45CCC(C(=C)C4=O)C5(C)C)cc3)CCC1C2(C)C.CS(=O)(=O)O.CS(=O)(=O)O. The van der Waals surface area contributed by atoms with E-state index in [2.05, 4.69) is 65.1 Å². The third-order valence-electron chi connectivity index (χ3n) is 10.3. The summed E-state index contributed by atoms with van der Waals surface area (Å²) in [5.41, 5.74) is 3.51. The number of Topliss-reactive ketones (excluding diaryl/α,β-unsaturated/α-hetero) is 2. The number of benzene rings is 1. The summed E-state index contributed by atoms with van der Waals surface area (Å²) in [6, 6.07) is 8.75. The van der Waals surface area contributed by atoms with Gasteiger partial charge in [0.1, 0.15) is 0 Å². The summed E-state index contributed by atoms with van der Waals surface area (Å²) < 4.78 is 51.7. The molecule has 8 nitrogen and oxygen atoms in total. The highest BCUT2D eigenvalue weighted by molar-refractivity contribution is 7.85. The maximum Gasteiger partial charge on any atom is 0.261 e. The van der Waals surface area contributed by atoms with Gasteiger partial charge in [0, 0.05) is 10.8 Å². The molecule has 0 amide bonds. The molecule has 4 fully saturated rings. The number of rotatable bonds is 4. The van der Waals surface area contributed by atoms with Crippen molar-refractivity contribution in [1.29, 1.82) is 0 Å². The molecule has 5 rings (SSSR count). The number of hydrogen-bond donors (Lipinski definition) is 2. The lowest BCUT2D eigenvalue weighted by Crippen LogP contribution is -2.38. The molecule has 4 unspecified atom stereocenters. The van der Waals surface area contributed by atoms with E-state index in [0.717, 1.165) is 49.7 Å². The van der Waals surface area contributed by atoms with E-state index in [0.29, 0.717) is 35.9 Å². The van der Waals surface area contributed by atoms with Crippen molar-refractivity contribution in [2.24, 2.45) is 33.5 Å². The van der Waals surface area contributed by atoms with Crippen LogP contribution in [0.1, 0.15) is 64.5 Å². The summed E-state index contributed by atoms with van der Waals surface area (Å²) in [7, 11) is -7.33. The Labute approximate surface area is 238 Å². The highest BCUT2D eigenvalue weighted by atomic mass is 32.2. The van der Waals surface area contributed by atoms with Crippen LogP contribution in [0.2, 0.25) is 0 Å². The van der Waals surface area contributed by atoms with Gasteiger partial charge in [-0.2, -0.15) is 16.8 Å². The minimum absolute atomic E-state index is 0.0156. The molecule has 4 aliphatic rings. The van der Waals surface area contributed by atoms with E-state index in [9.17, 15) is 26.4 Å².